The summed E-state index contributed by atoms with van der Waals surface area (Å²) < 4.78 is 0. The van der Waals surface area contributed by atoms with Gasteiger partial charge in [0.25, 0.3) is 0 Å². The lowest BCUT2D eigenvalue weighted by Gasteiger charge is -2.17. The van der Waals surface area contributed by atoms with Gasteiger partial charge in [-0.25, -0.2) is 0 Å². The number of rotatable bonds is 3. The summed E-state index contributed by atoms with van der Waals surface area (Å²) in [6.45, 7) is 7.31. The zero-order valence-electron chi connectivity index (χ0n) is 5.65. The molecule has 8 heavy (non-hydrogen) atoms. The van der Waals surface area contributed by atoms with E-state index in [1.54, 1.807) is 6.08 Å². The number of hydrogen-bond acceptors (Lipinski definition) is 1. The third kappa shape index (κ3) is 2.80. The van der Waals surface area contributed by atoms with Gasteiger partial charge in [-0.1, -0.05) is 13.0 Å². The average molecular weight is 114 g/mol. The van der Waals surface area contributed by atoms with E-state index in [9.17, 15) is 5.11 Å². The molecule has 0 aromatic carbocycles. The van der Waals surface area contributed by atoms with Crippen molar-refractivity contribution in [3.63, 3.8) is 0 Å². The van der Waals surface area contributed by atoms with E-state index in [2.05, 4.69) is 6.58 Å². The van der Waals surface area contributed by atoms with Crippen LogP contribution in [0.25, 0.3) is 0 Å². The number of aliphatic hydroxyl groups is 1. The van der Waals surface area contributed by atoms with Crippen molar-refractivity contribution in [2.75, 3.05) is 0 Å². The van der Waals surface area contributed by atoms with Gasteiger partial charge >= 0.3 is 0 Å². The van der Waals surface area contributed by atoms with E-state index in [4.69, 9.17) is 0 Å². The van der Waals surface area contributed by atoms with Crippen LogP contribution in [0.1, 0.15) is 26.7 Å². The molecule has 0 radical (unpaired) electrons. The predicted octanol–water partition coefficient (Wildman–Crippen LogP) is 1.72. The molecule has 0 heterocycles. The maximum Gasteiger partial charge on any atom is 0.0651 e. The largest absolute Gasteiger partial charge is 0.390 e. The van der Waals surface area contributed by atoms with Gasteiger partial charge in [-0.05, 0) is 19.8 Å². The van der Waals surface area contributed by atoms with E-state index >= 15 is 0 Å². The van der Waals surface area contributed by atoms with Crippen LogP contribution in [0.4, 0.5) is 0 Å². The highest BCUT2D eigenvalue weighted by Crippen LogP contribution is 2.12. The first-order valence-electron chi connectivity index (χ1n) is 2.95. The topological polar surface area (TPSA) is 20.2 Å². The molecule has 0 saturated carbocycles. The second kappa shape index (κ2) is 2.88. The summed E-state index contributed by atoms with van der Waals surface area (Å²) in [6, 6.07) is 0. The van der Waals surface area contributed by atoms with E-state index in [-0.39, 0.29) is 0 Å². The van der Waals surface area contributed by atoms with Gasteiger partial charge in [0.15, 0.2) is 0 Å². The second-order valence-electron chi connectivity index (χ2n) is 2.34. The van der Waals surface area contributed by atoms with E-state index < -0.39 is 5.60 Å². The molecule has 1 atom stereocenters. The minimum atomic E-state index is -0.526. The first kappa shape index (κ1) is 7.70. The van der Waals surface area contributed by atoms with Crippen molar-refractivity contribution in [2.24, 2.45) is 0 Å². The van der Waals surface area contributed by atoms with Crippen molar-refractivity contribution in [1.82, 2.24) is 0 Å². The Morgan fingerprint density at radius 2 is 2.25 bits per heavy atom. The van der Waals surface area contributed by atoms with Crippen LogP contribution >= 0.6 is 0 Å². The lowest BCUT2D eigenvalue weighted by atomic mass is 10.00. The van der Waals surface area contributed by atoms with Crippen LogP contribution in [0, 0.1) is 0 Å². The summed E-state index contributed by atoms with van der Waals surface area (Å²) in [5, 5.41) is 9.25. The van der Waals surface area contributed by atoms with Crippen LogP contribution in [-0.2, 0) is 0 Å². The van der Waals surface area contributed by atoms with Crippen LogP contribution < -0.4 is 0 Å². The van der Waals surface area contributed by atoms with Crippen LogP contribution in [0.3, 0.4) is 0 Å². The molecule has 0 aliphatic carbocycles. The highest BCUT2D eigenvalue weighted by atomic mass is 16.3. The molecule has 0 rings (SSSR count). The molecular formula is C7H14O. The Morgan fingerprint density at radius 1 is 1.75 bits per heavy atom. The van der Waals surface area contributed by atoms with Gasteiger partial charge in [0.2, 0.25) is 0 Å². The standard InChI is InChI=1S/C7H14O/c1-4-6-7(3,8)5-2/h4,8H,1,5-6H2,2-3H3/t7-/m1/s1. The molecule has 1 heteroatoms. The smallest absolute Gasteiger partial charge is 0.0651 e. The molecule has 0 bridgehead atoms. The van der Waals surface area contributed by atoms with Crippen LogP contribution in [0.15, 0.2) is 12.7 Å². The Balaban J connectivity index is 3.53. The Morgan fingerprint density at radius 3 is 2.38 bits per heavy atom. The highest BCUT2D eigenvalue weighted by Gasteiger charge is 2.13. The first-order valence-corrected chi connectivity index (χ1v) is 2.95. The van der Waals surface area contributed by atoms with E-state index in [0.29, 0.717) is 6.42 Å². The second-order valence-corrected chi connectivity index (χ2v) is 2.34. The van der Waals surface area contributed by atoms with Crippen molar-refractivity contribution in [3.8, 4) is 0 Å². The molecule has 0 saturated heterocycles. The third-order valence-corrected chi connectivity index (χ3v) is 1.35. The SMILES string of the molecule is C=CC[C@](C)(O)CC. The molecule has 0 aliphatic rings. The Bertz CT molecular complexity index is 74.5. The Kier molecular flexibility index (Phi) is 2.77. The third-order valence-electron chi connectivity index (χ3n) is 1.35. The predicted molar refractivity (Wildman–Crippen MR) is 35.7 cm³/mol. The summed E-state index contributed by atoms with van der Waals surface area (Å²) in [6.07, 6.45) is 3.21. The fourth-order valence-electron chi connectivity index (χ4n) is 0.455. The quantitative estimate of drug-likeness (QED) is 0.554. The molecule has 0 fully saturated rings. The molecule has 0 aromatic rings. The van der Waals surface area contributed by atoms with Crippen LogP contribution in [0.5, 0.6) is 0 Å². The zero-order valence-corrected chi connectivity index (χ0v) is 5.65. The summed E-state index contributed by atoms with van der Waals surface area (Å²) in [5.41, 5.74) is -0.526. The maximum absolute atomic E-state index is 9.25. The maximum atomic E-state index is 9.25. The lowest BCUT2D eigenvalue weighted by molar-refractivity contribution is 0.0593. The van der Waals surface area contributed by atoms with Gasteiger partial charge in [-0.3, -0.25) is 0 Å². The highest BCUT2D eigenvalue weighted by molar-refractivity contribution is 4.80. The van der Waals surface area contributed by atoms with Gasteiger partial charge in [-0.2, -0.15) is 0 Å². The minimum Gasteiger partial charge on any atom is -0.390 e. The molecular weight excluding hydrogens is 100 g/mol. The molecule has 48 valence electrons. The lowest BCUT2D eigenvalue weighted by Crippen LogP contribution is -2.20. The van der Waals surface area contributed by atoms with E-state index in [1.165, 1.54) is 0 Å². The monoisotopic (exact) mass is 114 g/mol. The van der Waals surface area contributed by atoms with Gasteiger partial charge in [0.1, 0.15) is 0 Å². The molecule has 0 aliphatic heterocycles. The van der Waals surface area contributed by atoms with E-state index in [1.807, 2.05) is 13.8 Å². The molecule has 0 unspecified atom stereocenters. The fraction of sp³-hybridized carbons (Fsp3) is 0.714. The molecule has 0 amide bonds. The minimum absolute atomic E-state index is 0.526. The number of hydrogen-bond donors (Lipinski definition) is 1. The van der Waals surface area contributed by atoms with Gasteiger partial charge < -0.3 is 5.11 Å². The van der Waals surface area contributed by atoms with Crippen molar-refractivity contribution in [1.29, 1.82) is 0 Å². The van der Waals surface area contributed by atoms with Gasteiger partial charge in [0.05, 0.1) is 5.60 Å². The Labute approximate surface area is 51.0 Å². The molecule has 0 aromatic heterocycles. The first-order chi connectivity index (χ1) is 3.62. The van der Waals surface area contributed by atoms with Crippen LogP contribution in [0.2, 0.25) is 0 Å². The van der Waals surface area contributed by atoms with Crippen molar-refractivity contribution < 1.29 is 5.11 Å². The van der Waals surface area contributed by atoms with Crippen LogP contribution in [-0.4, -0.2) is 10.7 Å². The summed E-state index contributed by atoms with van der Waals surface area (Å²) in [4.78, 5) is 0. The zero-order chi connectivity index (χ0) is 6.62. The molecule has 1 N–H and O–H groups in total. The Hall–Kier alpha value is -0.300. The fourth-order valence-corrected chi connectivity index (χ4v) is 0.455. The average Bonchev–Trinajstić information content (AvgIpc) is 1.67. The normalized spacial score (nSPS) is 17.4. The summed E-state index contributed by atoms with van der Waals surface area (Å²) >= 11 is 0. The summed E-state index contributed by atoms with van der Waals surface area (Å²) in [5.74, 6) is 0. The van der Waals surface area contributed by atoms with Gasteiger partial charge in [-0.15, -0.1) is 6.58 Å². The van der Waals surface area contributed by atoms with Gasteiger partial charge in [0, 0.05) is 0 Å². The van der Waals surface area contributed by atoms with Crippen molar-refractivity contribution in [3.05, 3.63) is 12.7 Å². The van der Waals surface area contributed by atoms with Crippen molar-refractivity contribution >= 4 is 0 Å². The van der Waals surface area contributed by atoms with E-state index in [0.717, 1.165) is 6.42 Å². The molecule has 1 nitrogen and oxygen atoms in total. The summed E-state index contributed by atoms with van der Waals surface area (Å²) in [7, 11) is 0. The van der Waals surface area contributed by atoms with Crippen molar-refractivity contribution in [2.45, 2.75) is 32.3 Å². The molecule has 0 spiro atoms.